The molecule has 0 bridgehead atoms. The SMILES string of the molecule is CCNC(=NCc1cc(OC)c(OC)c(OC)c1)NCCCc1nc2ccccc2[nH]1.I. The van der Waals surface area contributed by atoms with Crippen LogP contribution in [0.15, 0.2) is 41.4 Å². The average Bonchev–Trinajstić information content (AvgIpc) is 3.22. The fourth-order valence-corrected chi connectivity index (χ4v) is 3.33. The van der Waals surface area contributed by atoms with Crippen molar-refractivity contribution in [2.75, 3.05) is 34.4 Å². The number of nitrogens with one attached hydrogen (secondary N) is 3. The lowest BCUT2D eigenvalue weighted by Crippen LogP contribution is -2.37. The first-order chi connectivity index (χ1) is 15.2. The number of methoxy groups -OCH3 is 3. The van der Waals surface area contributed by atoms with Crippen LogP contribution in [0.4, 0.5) is 0 Å². The number of aliphatic imine (C=N–C) groups is 1. The molecule has 174 valence electrons. The second-order valence-corrected chi connectivity index (χ2v) is 6.96. The summed E-state index contributed by atoms with van der Waals surface area (Å²) < 4.78 is 16.2. The monoisotopic (exact) mass is 553 g/mol. The van der Waals surface area contributed by atoms with E-state index >= 15 is 0 Å². The van der Waals surface area contributed by atoms with E-state index in [0.29, 0.717) is 23.8 Å². The summed E-state index contributed by atoms with van der Waals surface area (Å²) in [7, 11) is 4.81. The maximum Gasteiger partial charge on any atom is 0.203 e. The van der Waals surface area contributed by atoms with Crippen molar-refractivity contribution in [1.82, 2.24) is 20.6 Å². The Labute approximate surface area is 206 Å². The normalized spacial score (nSPS) is 11.1. The smallest absolute Gasteiger partial charge is 0.203 e. The number of H-pyrrole nitrogens is 1. The van der Waals surface area contributed by atoms with Crippen LogP contribution in [0.5, 0.6) is 17.2 Å². The van der Waals surface area contributed by atoms with Gasteiger partial charge in [-0.2, -0.15) is 0 Å². The lowest BCUT2D eigenvalue weighted by Gasteiger charge is -2.14. The van der Waals surface area contributed by atoms with Gasteiger partial charge in [-0.25, -0.2) is 9.98 Å². The quantitative estimate of drug-likeness (QED) is 0.153. The third-order valence-corrected chi connectivity index (χ3v) is 4.81. The standard InChI is InChI=1S/C23H31N5O3.HI/c1-5-24-23(25-12-8-11-21-27-17-9-6-7-10-18(17)28-21)26-15-16-13-19(29-2)22(31-4)20(14-16)30-3;/h6-7,9-10,13-14H,5,8,11-12,15H2,1-4H3,(H,27,28)(H2,24,25,26);1H. The van der Waals surface area contributed by atoms with E-state index in [1.807, 2.05) is 43.3 Å². The van der Waals surface area contributed by atoms with Gasteiger partial charge in [-0.1, -0.05) is 12.1 Å². The van der Waals surface area contributed by atoms with Crippen molar-refractivity contribution < 1.29 is 14.2 Å². The van der Waals surface area contributed by atoms with Gasteiger partial charge in [0.15, 0.2) is 17.5 Å². The first kappa shape index (κ1) is 25.6. The Morgan fingerprint density at radius 3 is 2.38 bits per heavy atom. The molecule has 2 aromatic carbocycles. The molecule has 0 saturated heterocycles. The summed E-state index contributed by atoms with van der Waals surface area (Å²) >= 11 is 0. The van der Waals surface area contributed by atoms with Crippen LogP contribution in [0.2, 0.25) is 0 Å². The van der Waals surface area contributed by atoms with Crippen LogP contribution < -0.4 is 24.8 Å². The van der Waals surface area contributed by atoms with Crippen molar-refractivity contribution in [3.05, 3.63) is 47.8 Å². The number of hydrogen-bond donors (Lipinski definition) is 3. The van der Waals surface area contributed by atoms with Crippen LogP contribution in [0.25, 0.3) is 11.0 Å². The van der Waals surface area contributed by atoms with Crippen LogP contribution >= 0.6 is 24.0 Å². The molecule has 0 saturated carbocycles. The number of para-hydroxylation sites is 2. The summed E-state index contributed by atoms with van der Waals surface area (Å²) in [5.41, 5.74) is 3.05. The van der Waals surface area contributed by atoms with E-state index in [2.05, 4.69) is 25.6 Å². The van der Waals surface area contributed by atoms with E-state index in [9.17, 15) is 0 Å². The molecule has 0 aliphatic heterocycles. The third-order valence-electron chi connectivity index (χ3n) is 4.81. The van der Waals surface area contributed by atoms with Crippen molar-refractivity contribution in [2.24, 2.45) is 4.99 Å². The minimum absolute atomic E-state index is 0. The highest BCUT2D eigenvalue weighted by molar-refractivity contribution is 14.0. The molecule has 32 heavy (non-hydrogen) atoms. The Morgan fingerprint density at radius 1 is 1.03 bits per heavy atom. The highest BCUT2D eigenvalue weighted by Gasteiger charge is 2.13. The Morgan fingerprint density at radius 2 is 1.75 bits per heavy atom. The predicted octanol–water partition coefficient (Wildman–Crippen LogP) is 3.89. The molecule has 0 radical (unpaired) electrons. The van der Waals surface area contributed by atoms with E-state index < -0.39 is 0 Å². The van der Waals surface area contributed by atoms with Crippen LogP contribution in [0.1, 0.15) is 24.7 Å². The minimum Gasteiger partial charge on any atom is -0.493 e. The lowest BCUT2D eigenvalue weighted by molar-refractivity contribution is 0.324. The zero-order valence-corrected chi connectivity index (χ0v) is 21.4. The highest BCUT2D eigenvalue weighted by atomic mass is 127. The number of halogens is 1. The summed E-state index contributed by atoms with van der Waals surface area (Å²) in [6.45, 7) is 4.10. The van der Waals surface area contributed by atoms with Crippen molar-refractivity contribution in [1.29, 1.82) is 0 Å². The molecule has 3 N–H and O–H groups in total. The Bertz CT molecular complexity index is 964. The molecule has 3 aromatic rings. The summed E-state index contributed by atoms with van der Waals surface area (Å²) in [6, 6.07) is 11.9. The second kappa shape index (κ2) is 13.0. The number of imidazole rings is 1. The zero-order chi connectivity index (χ0) is 22.1. The molecule has 0 aliphatic carbocycles. The molecule has 0 spiro atoms. The molecule has 3 rings (SSSR count). The van der Waals surface area contributed by atoms with Gasteiger partial charge in [0, 0.05) is 19.5 Å². The predicted molar refractivity (Wildman–Crippen MR) is 139 cm³/mol. The molecule has 1 aromatic heterocycles. The number of ether oxygens (including phenoxy) is 3. The van der Waals surface area contributed by atoms with Crippen molar-refractivity contribution >= 4 is 41.0 Å². The van der Waals surface area contributed by atoms with Crippen LogP contribution in [-0.2, 0) is 13.0 Å². The van der Waals surface area contributed by atoms with Gasteiger partial charge in [-0.15, -0.1) is 24.0 Å². The number of rotatable bonds is 10. The highest BCUT2D eigenvalue weighted by Crippen LogP contribution is 2.38. The molecule has 0 aliphatic rings. The van der Waals surface area contributed by atoms with Crippen LogP contribution in [0, 0.1) is 0 Å². The molecular formula is C23H32IN5O3. The molecule has 0 fully saturated rings. The van der Waals surface area contributed by atoms with Gasteiger partial charge < -0.3 is 29.8 Å². The van der Waals surface area contributed by atoms with Crippen molar-refractivity contribution in [3.8, 4) is 17.2 Å². The van der Waals surface area contributed by atoms with Gasteiger partial charge in [-0.05, 0) is 43.2 Å². The molecular weight excluding hydrogens is 521 g/mol. The van der Waals surface area contributed by atoms with Gasteiger partial charge in [-0.3, -0.25) is 0 Å². The average molecular weight is 553 g/mol. The number of aromatic nitrogens is 2. The number of nitrogens with zero attached hydrogens (tertiary/aromatic N) is 2. The molecule has 0 amide bonds. The molecule has 0 atom stereocenters. The van der Waals surface area contributed by atoms with Gasteiger partial charge in [0.05, 0.1) is 38.9 Å². The van der Waals surface area contributed by atoms with Gasteiger partial charge in [0.1, 0.15) is 5.82 Å². The van der Waals surface area contributed by atoms with E-state index in [1.54, 1.807) is 21.3 Å². The topological polar surface area (TPSA) is 92.8 Å². The maximum atomic E-state index is 5.42. The fraction of sp³-hybridized carbons (Fsp3) is 0.391. The zero-order valence-electron chi connectivity index (χ0n) is 19.0. The van der Waals surface area contributed by atoms with E-state index in [-0.39, 0.29) is 24.0 Å². The maximum absolute atomic E-state index is 5.42. The molecule has 8 nitrogen and oxygen atoms in total. The lowest BCUT2D eigenvalue weighted by atomic mass is 10.2. The number of benzene rings is 2. The number of fused-ring (bicyclic) bond motifs is 1. The third kappa shape index (κ3) is 6.65. The largest absolute Gasteiger partial charge is 0.493 e. The van der Waals surface area contributed by atoms with Crippen LogP contribution in [0.3, 0.4) is 0 Å². The van der Waals surface area contributed by atoms with Crippen LogP contribution in [-0.4, -0.2) is 50.3 Å². The Kier molecular flexibility index (Phi) is 10.4. The molecule has 1 heterocycles. The number of aryl methyl sites for hydroxylation is 1. The van der Waals surface area contributed by atoms with Crippen molar-refractivity contribution in [2.45, 2.75) is 26.3 Å². The summed E-state index contributed by atoms with van der Waals surface area (Å²) in [4.78, 5) is 12.7. The van der Waals surface area contributed by atoms with Gasteiger partial charge in [0.25, 0.3) is 0 Å². The summed E-state index contributed by atoms with van der Waals surface area (Å²) in [5, 5.41) is 6.67. The van der Waals surface area contributed by atoms with Gasteiger partial charge >= 0.3 is 0 Å². The fourth-order valence-electron chi connectivity index (χ4n) is 3.33. The first-order valence-corrected chi connectivity index (χ1v) is 10.4. The first-order valence-electron chi connectivity index (χ1n) is 10.4. The second-order valence-electron chi connectivity index (χ2n) is 6.96. The van der Waals surface area contributed by atoms with E-state index in [1.165, 1.54) is 0 Å². The van der Waals surface area contributed by atoms with Gasteiger partial charge in [0.2, 0.25) is 5.75 Å². The Hall–Kier alpha value is -2.69. The number of hydrogen-bond acceptors (Lipinski definition) is 5. The minimum atomic E-state index is 0. The summed E-state index contributed by atoms with van der Waals surface area (Å²) in [5.74, 6) is 3.59. The van der Waals surface area contributed by atoms with E-state index in [4.69, 9.17) is 14.2 Å². The summed E-state index contributed by atoms with van der Waals surface area (Å²) in [6.07, 6.45) is 1.81. The number of aromatic amines is 1. The van der Waals surface area contributed by atoms with Crippen molar-refractivity contribution in [3.63, 3.8) is 0 Å². The Balaban J connectivity index is 0.00000363. The molecule has 0 unspecified atom stereocenters. The molecule has 9 heteroatoms. The van der Waals surface area contributed by atoms with E-state index in [0.717, 1.165) is 54.3 Å². The number of guanidine groups is 1.